The van der Waals surface area contributed by atoms with Crippen molar-refractivity contribution in [3.8, 4) is 46.0 Å². The number of nitrogens with zero attached hydrogens (tertiary/aromatic N) is 3. The van der Waals surface area contributed by atoms with Gasteiger partial charge in [-0.3, -0.25) is 15.0 Å². The summed E-state index contributed by atoms with van der Waals surface area (Å²) in [4.78, 5) is 94.2. The van der Waals surface area contributed by atoms with E-state index >= 15 is 0 Å². The van der Waals surface area contributed by atoms with E-state index < -0.39 is 41.8 Å². The molecule has 9 rings (SSSR count). The molecule has 23 nitrogen and oxygen atoms in total. The molecule has 0 saturated heterocycles. The van der Waals surface area contributed by atoms with Crippen molar-refractivity contribution < 1.29 is 95.1 Å². The Hall–Kier alpha value is -14.5. The molecule has 0 radical (unpaired) electrons. The Bertz CT molecular complexity index is 5000. The molecule has 0 saturated carbocycles. The van der Waals surface area contributed by atoms with Crippen LogP contribution in [-0.4, -0.2) is 126 Å². The Morgan fingerprint density at radius 3 is 0.943 bits per heavy atom. The zero-order chi connectivity index (χ0) is 88.0. The predicted octanol–water partition coefficient (Wildman–Crippen LogP) is 20.3. The van der Waals surface area contributed by atoms with Gasteiger partial charge >= 0.3 is 41.8 Å². The van der Waals surface area contributed by atoms with Crippen LogP contribution in [0.1, 0.15) is 129 Å². The molecule has 0 aromatic heterocycles. The standard InChI is InChI=1S/C35H38N2O6.C35H36O10.C30H31NO4/c1-4-34(38)42-22-8-6-20-40-31-15-10-28(11-16-31)25-36-30-14-19-33(27(3)24-30)37-26-29-12-17-32(18-13-29)41-21-7-9-23-43-35(39)5-2;1-4-32(36)42-22-8-6-20-40-28-14-10-26(11-15-28)34(38)44-30-18-19-31(25(3)24-30)45-35(39)27-12-16-29(17-13-27)41-21-7-9-23-43-33(37)5-2;1-4-24-8-10-26(11-9-24)22-35-27-14-12-25(13-15-27)21-31-29-17-16-28(20-23(29)3)33-18-6-7-19-34-30(32)5-2/h4-5,10-19,24-26H,1-2,6-9,20-23H2,3H3;4-5,10-19,24H,1-2,6-9,20-23H2,3H3;4-5,8-17,20-21H,1-2,6-7,18-19,22H2,3H3. The number of aliphatic imine (C=N–C) groups is 3. The van der Waals surface area contributed by atoms with Gasteiger partial charge in [-0.25, -0.2) is 33.6 Å². The number of benzene rings is 9. The number of carbonyl (C=O) groups excluding carboxylic acids is 7. The van der Waals surface area contributed by atoms with Gasteiger partial charge in [0.15, 0.2) is 0 Å². The summed E-state index contributed by atoms with van der Waals surface area (Å²) in [6, 6.07) is 61.0. The SMILES string of the molecule is C=CC(=O)OCCCCOc1ccc(C(=O)Oc2ccc(OC(=O)c3ccc(OCCCCOC(=O)C=C)cc3)c(C)c2)cc1.C=CC(=O)OCCCCOc1ccc(C=Nc2ccc(N=Cc3ccc(OCCCCOC(=O)C=C)cc3)c(C)c2)cc1.C=CC(=O)OCCCCOc1ccc(N=Cc2ccc(OCc3ccc(C=C)cc3)cc2)c(C)c1. The van der Waals surface area contributed by atoms with Crippen LogP contribution in [-0.2, 0) is 54.3 Å². The maximum absolute atomic E-state index is 12.7. The highest BCUT2D eigenvalue weighted by atomic mass is 16.6. The van der Waals surface area contributed by atoms with Crippen LogP contribution in [0.3, 0.4) is 0 Å². The first-order valence-corrected chi connectivity index (χ1v) is 40.2. The van der Waals surface area contributed by atoms with E-state index in [2.05, 4.69) is 54.5 Å². The molecule has 0 amide bonds. The molecule has 9 aromatic carbocycles. The predicted molar refractivity (Wildman–Crippen MR) is 478 cm³/mol. The monoisotopic (exact) mass is 1670 g/mol. The van der Waals surface area contributed by atoms with Crippen molar-refractivity contribution in [3.63, 3.8) is 0 Å². The zero-order valence-electron chi connectivity index (χ0n) is 69.8. The van der Waals surface area contributed by atoms with Crippen molar-refractivity contribution in [2.75, 3.05) is 66.1 Å². The van der Waals surface area contributed by atoms with Gasteiger partial charge < -0.3 is 61.6 Å². The first kappa shape index (κ1) is 95.7. The maximum Gasteiger partial charge on any atom is 0.343 e. The zero-order valence-corrected chi connectivity index (χ0v) is 69.8. The van der Waals surface area contributed by atoms with E-state index in [0.29, 0.717) is 138 Å². The second kappa shape index (κ2) is 55.3. The molecule has 123 heavy (non-hydrogen) atoms. The molecular weight excluding hydrogens is 1560 g/mol. The van der Waals surface area contributed by atoms with Crippen molar-refractivity contribution >= 4 is 83.6 Å². The fourth-order valence-corrected chi connectivity index (χ4v) is 10.7. The van der Waals surface area contributed by atoms with Crippen LogP contribution in [0, 0.1) is 20.8 Å². The number of aryl methyl sites for hydroxylation is 3. The van der Waals surface area contributed by atoms with Crippen LogP contribution in [0.15, 0.2) is 285 Å². The molecule has 23 heteroatoms. The van der Waals surface area contributed by atoms with Gasteiger partial charge in [-0.05, 0) is 305 Å². The molecule has 9 aromatic rings. The summed E-state index contributed by atoms with van der Waals surface area (Å²) in [6.07, 6.45) is 20.3. The molecule has 0 N–H and O–H groups in total. The lowest BCUT2D eigenvalue weighted by Crippen LogP contribution is -2.11. The summed E-state index contributed by atoms with van der Waals surface area (Å²) in [5.74, 6) is 1.80. The fraction of sp³-hybridized carbons (Fsp3) is 0.240. The third-order valence-electron chi connectivity index (χ3n) is 17.5. The molecule has 640 valence electrons. The minimum absolute atomic E-state index is 0.299. The van der Waals surface area contributed by atoms with Gasteiger partial charge in [-0.2, -0.15) is 0 Å². The summed E-state index contributed by atoms with van der Waals surface area (Å²) in [5, 5.41) is 0. The van der Waals surface area contributed by atoms with Crippen molar-refractivity contribution in [1.29, 1.82) is 0 Å². The normalized spacial score (nSPS) is 10.6. The van der Waals surface area contributed by atoms with Gasteiger partial charge in [0.2, 0.25) is 0 Å². The highest BCUT2D eigenvalue weighted by molar-refractivity contribution is 5.93. The topological polar surface area (TPSA) is 277 Å². The summed E-state index contributed by atoms with van der Waals surface area (Å²) < 4.78 is 70.2. The van der Waals surface area contributed by atoms with E-state index in [-0.39, 0.29) is 0 Å². The fourth-order valence-electron chi connectivity index (χ4n) is 10.7. The minimum Gasteiger partial charge on any atom is -0.494 e. The molecule has 0 unspecified atom stereocenters. The van der Waals surface area contributed by atoms with Crippen molar-refractivity contribution in [1.82, 2.24) is 0 Å². The summed E-state index contributed by atoms with van der Waals surface area (Å²) in [5.41, 5.74) is 11.1. The molecule has 0 bridgehead atoms. The van der Waals surface area contributed by atoms with Gasteiger partial charge in [0, 0.05) is 49.0 Å². The first-order valence-electron chi connectivity index (χ1n) is 40.2. The van der Waals surface area contributed by atoms with Crippen LogP contribution < -0.4 is 37.9 Å². The largest absolute Gasteiger partial charge is 0.494 e. The van der Waals surface area contributed by atoms with Gasteiger partial charge in [-0.15, -0.1) is 0 Å². The first-order chi connectivity index (χ1) is 59.8. The molecule has 0 aliphatic rings. The molecule has 0 aliphatic carbocycles. The van der Waals surface area contributed by atoms with Gasteiger partial charge in [-0.1, -0.05) is 69.8 Å². The number of unbranched alkanes of at least 4 members (excludes halogenated alkanes) is 5. The van der Waals surface area contributed by atoms with Crippen molar-refractivity contribution in [2.24, 2.45) is 15.0 Å². The van der Waals surface area contributed by atoms with Crippen LogP contribution in [0.2, 0.25) is 0 Å². The third kappa shape index (κ3) is 38.0. The Balaban J connectivity index is 0.000000256. The van der Waals surface area contributed by atoms with E-state index in [4.69, 9.17) is 61.6 Å². The second-order valence-corrected chi connectivity index (χ2v) is 27.0. The number of ether oxygens (including phenoxy) is 13. The number of esters is 7. The van der Waals surface area contributed by atoms with Crippen molar-refractivity contribution in [2.45, 2.75) is 91.6 Å². The van der Waals surface area contributed by atoms with Crippen LogP contribution in [0.4, 0.5) is 17.1 Å². The van der Waals surface area contributed by atoms with E-state index in [1.807, 2.05) is 172 Å². The molecular formula is C100H105N3O20. The lowest BCUT2D eigenvalue weighted by atomic mass is 10.1. The Labute approximate surface area is 719 Å². The Kier molecular flexibility index (Phi) is 43.0. The molecule has 0 heterocycles. The van der Waals surface area contributed by atoms with Crippen LogP contribution in [0.25, 0.3) is 6.08 Å². The summed E-state index contributed by atoms with van der Waals surface area (Å²) in [7, 11) is 0. The number of hydrogen-bond acceptors (Lipinski definition) is 23. The molecule has 0 atom stereocenters. The van der Waals surface area contributed by atoms with Crippen LogP contribution >= 0.6 is 0 Å². The van der Waals surface area contributed by atoms with E-state index in [0.717, 1.165) is 142 Å². The smallest absolute Gasteiger partial charge is 0.343 e. The second-order valence-electron chi connectivity index (χ2n) is 27.0. The molecule has 0 fully saturated rings. The van der Waals surface area contributed by atoms with Crippen LogP contribution in [0.5, 0.6) is 46.0 Å². The van der Waals surface area contributed by atoms with E-state index in [1.165, 1.54) is 6.08 Å². The Morgan fingerprint density at radius 2 is 0.585 bits per heavy atom. The molecule has 0 spiro atoms. The summed E-state index contributed by atoms with van der Waals surface area (Å²) in [6.45, 7) is 31.1. The average Bonchev–Trinajstić information content (AvgIpc) is 0.845. The van der Waals surface area contributed by atoms with Gasteiger partial charge in [0.1, 0.15) is 52.6 Å². The maximum atomic E-state index is 12.7. The third-order valence-corrected chi connectivity index (χ3v) is 17.5. The van der Waals surface area contributed by atoms with E-state index in [1.54, 1.807) is 73.7 Å². The van der Waals surface area contributed by atoms with Gasteiger partial charge in [0.25, 0.3) is 0 Å². The summed E-state index contributed by atoms with van der Waals surface area (Å²) >= 11 is 0. The molecule has 0 aliphatic heterocycles. The van der Waals surface area contributed by atoms with E-state index in [9.17, 15) is 33.6 Å². The minimum atomic E-state index is -0.548. The lowest BCUT2D eigenvalue weighted by Gasteiger charge is -2.11. The highest BCUT2D eigenvalue weighted by Crippen LogP contribution is 2.29. The quantitative estimate of drug-likeness (QED) is 0.00855. The number of rotatable bonds is 49. The average molecular weight is 1670 g/mol. The van der Waals surface area contributed by atoms with Gasteiger partial charge in [0.05, 0.1) is 94.3 Å². The lowest BCUT2D eigenvalue weighted by molar-refractivity contribution is -0.138. The number of carbonyl (C=O) groups is 7. The Morgan fingerprint density at radius 1 is 0.285 bits per heavy atom. The number of hydrogen-bond donors (Lipinski definition) is 0. The highest BCUT2D eigenvalue weighted by Gasteiger charge is 2.16. The van der Waals surface area contributed by atoms with Crippen molar-refractivity contribution in [3.05, 3.63) is 326 Å².